The number of hydroxylamine groups is 2. The van der Waals surface area contributed by atoms with E-state index in [9.17, 15) is 33.9 Å². The van der Waals surface area contributed by atoms with Gasteiger partial charge in [-0.25, -0.2) is 9.59 Å². The van der Waals surface area contributed by atoms with Crippen molar-refractivity contribution in [1.82, 2.24) is 9.96 Å². The average Bonchev–Trinajstić information content (AvgIpc) is 3.57. The van der Waals surface area contributed by atoms with Crippen LogP contribution in [0.4, 0.5) is 0 Å². The summed E-state index contributed by atoms with van der Waals surface area (Å²) in [6, 6.07) is 26.0. The van der Waals surface area contributed by atoms with Crippen LogP contribution >= 0.6 is 0 Å². The molecule has 1 unspecified atom stereocenters. The number of hydrogen-bond acceptors (Lipinski definition) is 10. The number of Topliss-reactive ketones (excluding diaryl/α,β-unsaturated/α-hetero) is 1. The lowest BCUT2D eigenvalue weighted by Crippen LogP contribution is -2.53. The molecule has 5 rings (SSSR count). The Labute approximate surface area is 340 Å². The van der Waals surface area contributed by atoms with E-state index in [2.05, 4.69) is 0 Å². The fourth-order valence-electron chi connectivity index (χ4n) is 7.40. The number of esters is 1. The molecule has 0 bridgehead atoms. The monoisotopic (exact) mass is 796 g/mol. The third kappa shape index (κ3) is 10.8. The Morgan fingerprint density at radius 3 is 1.76 bits per heavy atom. The van der Waals surface area contributed by atoms with E-state index in [1.54, 1.807) is 12.1 Å². The number of carbonyl (C=O) groups excluding carboxylic acids is 6. The number of aliphatic hydroxyl groups is 1. The van der Waals surface area contributed by atoms with Gasteiger partial charge in [-0.2, -0.15) is 0 Å². The standard InChI is InChI=1S/C46H56N2O10/c1-45(2,33-49)41(52)42(53)47-30-16-15-23-38(47)44(55)56-31-17-7-5-3-4-6-8-18-32-57-46(35-19-11-9-12-20-35,36-21-13-10-14-22-36)37-26-24-34(25-27-37)43(54)58-48-39(50)28-29-40(48)51/h9-14,19-22,24-27,38,49H,3-8,15-18,23,28-33H2,1-2H3. The minimum Gasteiger partial charge on any atom is -0.464 e. The van der Waals surface area contributed by atoms with Crippen LogP contribution in [0.25, 0.3) is 0 Å². The number of carbonyl (C=O) groups is 6. The van der Waals surface area contributed by atoms with E-state index in [1.165, 1.54) is 18.7 Å². The summed E-state index contributed by atoms with van der Waals surface area (Å²) in [5.74, 6) is -3.76. The fourth-order valence-corrected chi connectivity index (χ4v) is 7.40. The second-order valence-electron chi connectivity index (χ2n) is 15.7. The lowest BCUT2D eigenvalue weighted by molar-refractivity contribution is -0.172. The zero-order chi connectivity index (χ0) is 41.5. The predicted molar refractivity (Wildman–Crippen MR) is 215 cm³/mol. The summed E-state index contributed by atoms with van der Waals surface area (Å²) >= 11 is 0. The molecule has 0 saturated carbocycles. The highest BCUT2D eigenvalue weighted by Gasteiger charge is 2.41. The molecule has 2 saturated heterocycles. The third-order valence-electron chi connectivity index (χ3n) is 10.9. The van der Waals surface area contributed by atoms with Crippen molar-refractivity contribution < 1.29 is 48.2 Å². The maximum absolute atomic E-state index is 12.9. The van der Waals surface area contributed by atoms with Gasteiger partial charge in [-0.05, 0) is 60.9 Å². The summed E-state index contributed by atoms with van der Waals surface area (Å²) in [5, 5.41) is 10.1. The van der Waals surface area contributed by atoms with E-state index >= 15 is 0 Å². The molecule has 2 fully saturated rings. The molecule has 0 aromatic heterocycles. The van der Waals surface area contributed by atoms with E-state index in [4.69, 9.17) is 14.3 Å². The second kappa shape index (κ2) is 21.0. The number of amides is 3. The number of rotatable bonds is 21. The van der Waals surface area contributed by atoms with Crippen molar-refractivity contribution in [3.05, 3.63) is 107 Å². The first-order valence-corrected chi connectivity index (χ1v) is 20.6. The quantitative estimate of drug-likeness (QED) is 0.0398. The molecular weight excluding hydrogens is 741 g/mol. The van der Waals surface area contributed by atoms with Gasteiger partial charge in [0, 0.05) is 26.0 Å². The molecule has 0 radical (unpaired) electrons. The van der Waals surface area contributed by atoms with Crippen LogP contribution in [0, 0.1) is 5.41 Å². The number of benzene rings is 3. The molecule has 3 aromatic carbocycles. The number of hydrogen-bond donors (Lipinski definition) is 1. The Morgan fingerprint density at radius 1 is 0.690 bits per heavy atom. The van der Waals surface area contributed by atoms with E-state index in [0.717, 1.165) is 74.5 Å². The minimum atomic E-state index is -1.20. The van der Waals surface area contributed by atoms with E-state index < -0.39 is 59.1 Å². The smallest absolute Gasteiger partial charge is 0.363 e. The number of imide groups is 1. The highest BCUT2D eigenvalue weighted by molar-refractivity contribution is 6.38. The third-order valence-corrected chi connectivity index (χ3v) is 10.9. The number of piperidine rings is 1. The SMILES string of the molecule is CC(C)(CO)C(=O)C(=O)N1CCCCC1C(=O)OCCCCCCCCCCOC(c1ccccc1)(c1ccccc1)c1ccc(C(=O)ON2C(=O)CCC2=O)cc1. The Balaban J connectivity index is 1.08. The van der Waals surface area contributed by atoms with E-state index in [0.29, 0.717) is 31.1 Å². The molecule has 2 heterocycles. The molecule has 2 aliphatic heterocycles. The molecule has 0 aliphatic carbocycles. The molecule has 12 heteroatoms. The Bertz CT molecular complexity index is 1810. The van der Waals surface area contributed by atoms with E-state index in [-0.39, 0.29) is 25.0 Å². The van der Waals surface area contributed by atoms with Crippen LogP contribution in [0.15, 0.2) is 84.9 Å². The van der Waals surface area contributed by atoms with E-state index in [1.807, 2.05) is 72.8 Å². The Kier molecular flexibility index (Phi) is 15.9. The van der Waals surface area contributed by atoms with Crippen LogP contribution in [-0.4, -0.2) is 82.9 Å². The van der Waals surface area contributed by atoms with Gasteiger partial charge in [0.05, 0.1) is 24.2 Å². The van der Waals surface area contributed by atoms with Crippen molar-refractivity contribution in [1.29, 1.82) is 0 Å². The molecule has 3 aromatic rings. The van der Waals surface area contributed by atoms with Crippen molar-refractivity contribution in [2.24, 2.45) is 5.41 Å². The number of aliphatic hydroxyl groups excluding tert-OH is 1. The summed E-state index contributed by atoms with van der Waals surface area (Å²) in [5.41, 5.74) is 0.683. The summed E-state index contributed by atoms with van der Waals surface area (Å²) in [7, 11) is 0. The predicted octanol–water partition coefficient (Wildman–Crippen LogP) is 6.85. The van der Waals surface area contributed by atoms with Gasteiger partial charge in [-0.3, -0.25) is 19.2 Å². The van der Waals surface area contributed by atoms with Crippen molar-refractivity contribution in [3.63, 3.8) is 0 Å². The lowest BCUT2D eigenvalue weighted by Gasteiger charge is -2.36. The molecular formula is C46H56N2O10. The average molecular weight is 797 g/mol. The molecule has 310 valence electrons. The van der Waals surface area contributed by atoms with Gasteiger partial charge in [0.15, 0.2) is 0 Å². The number of unbranched alkanes of at least 4 members (excludes halogenated alkanes) is 7. The molecule has 0 spiro atoms. The first-order valence-electron chi connectivity index (χ1n) is 20.6. The highest BCUT2D eigenvalue weighted by Crippen LogP contribution is 2.41. The van der Waals surface area contributed by atoms with Gasteiger partial charge in [0.1, 0.15) is 11.6 Å². The first-order chi connectivity index (χ1) is 28.0. The van der Waals surface area contributed by atoms with Crippen LogP contribution in [0.3, 0.4) is 0 Å². The van der Waals surface area contributed by atoms with Crippen LogP contribution in [0.2, 0.25) is 0 Å². The minimum absolute atomic E-state index is 0.0192. The summed E-state index contributed by atoms with van der Waals surface area (Å²) < 4.78 is 12.5. The van der Waals surface area contributed by atoms with Gasteiger partial charge >= 0.3 is 11.9 Å². The maximum atomic E-state index is 12.9. The normalized spacial score (nSPS) is 16.0. The van der Waals surface area contributed by atoms with Crippen molar-refractivity contribution in [2.45, 2.75) is 109 Å². The number of likely N-dealkylation sites (tertiary alicyclic amines) is 1. The van der Waals surface area contributed by atoms with Crippen LogP contribution in [0.1, 0.15) is 124 Å². The molecule has 1 N–H and O–H groups in total. The summed E-state index contributed by atoms with van der Waals surface area (Å²) in [6.07, 6.45) is 9.59. The van der Waals surface area contributed by atoms with Crippen LogP contribution in [0.5, 0.6) is 0 Å². The molecule has 12 nitrogen and oxygen atoms in total. The number of nitrogens with zero attached hydrogens (tertiary/aromatic N) is 2. The zero-order valence-corrected chi connectivity index (χ0v) is 33.7. The topological polar surface area (TPSA) is 157 Å². The Morgan fingerprint density at radius 2 is 1.21 bits per heavy atom. The lowest BCUT2D eigenvalue weighted by atomic mass is 9.79. The second-order valence-corrected chi connectivity index (χ2v) is 15.7. The van der Waals surface area contributed by atoms with Gasteiger partial charge in [0.2, 0.25) is 5.78 Å². The number of ketones is 1. The summed E-state index contributed by atoms with van der Waals surface area (Å²) in [4.78, 5) is 81.8. The fraction of sp³-hybridized carbons (Fsp3) is 0.478. The van der Waals surface area contributed by atoms with Gasteiger partial charge < -0.3 is 24.3 Å². The van der Waals surface area contributed by atoms with Crippen molar-refractivity contribution in [3.8, 4) is 0 Å². The molecule has 58 heavy (non-hydrogen) atoms. The molecule has 2 aliphatic rings. The van der Waals surface area contributed by atoms with Crippen LogP contribution < -0.4 is 0 Å². The molecule has 1 atom stereocenters. The van der Waals surface area contributed by atoms with Crippen molar-refractivity contribution in [2.75, 3.05) is 26.4 Å². The summed E-state index contributed by atoms with van der Waals surface area (Å²) in [6.45, 7) is 3.66. The molecule has 3 amide bonds. The van der Waals surface area contributed by atoms with Crippen molar-refractivity contribution >= 4 is 35.4 Å². The Hall–Kier alpha value is -5.20. The first kappa shape index (κ1) is 43.9. The highest BCUT2D eigenvalue weighted by atomic mass is 16.7. The maximum Gasteiger partial charge on any atom is 0.363 e. The van der Waals surface area contributed by atoms with Gasteiger partial charge in [-0.1, -0.05) is 125 Å². The largest absolute Gasteiger partial charge is 0.464 e. The zero-order valence-electron chi connectivity index (χ0n) is 33.7. The number of ether oxygens (including phenoxy) is 2. The van der Waals surface area contributed by atoms with Gasteiger partial charge in [-0.15, -0.1) is 5.06 Å². The van der Waals surface area contributed by atoms with Crippen LogP contribution in [-0.2, 0) is 43.9 Å². The van der Waals surface area contributed by atoms with Gasteiger partial charge in [0.25, 0.3) is 17.7 Å².